The van der Waals surface area contributed by atoms with Crippen LogP contribution < -0.4 is 10.1 Å². The van der Waals surface area contributed by atoms with Crippen LogP contribution in [0.2, 0.25) is 0 Å². The van der Waals surface area contributed by atoms with Crippen LogP contribution in [0.3, 0.4) is 0 Å². The highest BCUT2D eigenvalue weighted by Crippen LogP contribution is 2.38. The van der Waals surface area contributed by atoms with E-state index in [-0.39, 0.29) is 17.2 Å². The first-order valence-corrected chi connectivity index (χ1v) is 8.31. The highest BCUT2D eigenvalue weighted by atomic mass is 32.1. The number of hydrogen-bond donors (Lipinski definition) is 1. The van der Waals surface area contributed by atoms with Crippen LogP contribution in [0, 0.1) is 5.82 Å². The third kappa shape index (κ3) is 3.65. The minimum atomic E-state index is -4.45. The standard InChI is InChI=1S/C18H13F4NO2S/c1-25-15-13-8-12(19)5-6-14(13)26-16(15)17(24)23-9-10-3-2-4-11(7-10)18(20,21)22/h2-8H,9H2,1H3,(H,23,24). The number of alkyl halides is 3. The van der Waals surface area contributed by atoms with Gasteiger partial charge in [0, 0.05) is 16.6 Å². The zero-order valence-corrected chi connectivity index (χ0v) is 14.3. The number of hydrogen-bond acceptors (Lipinski definition) is 3. The molecule has 2 aromatic carbocycles. The molecule has 0 fully saturated rings. The lowest BCUT2D eigenvalue weighted by atomic mass is 10.1. The molecule has 1 N–H and O–H groups in total. The number of methoxy groups -OCH3 is 1. The molecule has 0 saturated heterocycles. The van der Waals surface area contributed by atoms with Crippen LogP contribution >= 0.6 is 11.3 Å². The summed E-state index contributed by atoms with van der Waals surface area (Å²) < 4.78 is 57.6. The van der Waals surface area contributed by atoms with Gasteiger partial charge < -0.3 is 10.1 Å². The van der Waals surface area contributed by atoms with Crippen molar-refractivity contribution in [2.45, 2.75) is 12.7 Å². The van der Waals surface area contributed by atoms with E-state index in [2.05, 4.69) is 5.32 Å². The summed E-state index contributed by atoms with van der Waals surface area (Å²) >= 11 is 1.12. The third-order valence-corrected chi connectivity index (χ3v) is 4.87. The monoisotopic (exact) mass is 383 g/mol. The van der Waals surface area contributed by atoms with Gasteiger partial charge in [-0.3, -0.25) is 4.79 Å². The molecule has 3 aromatic rings. The average molecular weight is 383 g/mol. The van der Waals surface area contributed by atoms with Gasteiger partial charge in [-0.1, -0.05) is 12.1 Å². The highest BCUT2D eigenvalue weighted by molar-refractivity contribution is 7.21. The van der Waals surface area contributed by atoms with E-state index in [1.807, 2.05) is 0 Å². The Morgan fingerprint density at radius 2 is 1.96 bits per heavy atom. The fraction of sp³-hybridized carbons (Fsp3) is 0.167. The molecule has 1 heterocycles. The van der Waals surface area contributed by atoms with Gasteiger partial charge in [-0.25, -0.2) is 4.39 Å². The normalized spacial score (nSPS) is 11.6. The number of rotatable bonds is 4. The van der Waals surface area contributed by atoms with Crippen molar-refractivity contribution >= 4 is 27.3 Å². The van der Waals surface area contributed by atoms with Gasteiger partial charge in [0.25, 0.3) is 5.91 Å². The molecule has 0 spiro atoms. The van der Waals surface area contributed by atoms with Crippen LogP contribution in [-0.2, 0) is 12.7 Å². The number of ether oxygens (including phenoxy) is 1. The van der Waals surface area contributed by atoms with Crippen LogP contribution in [0.15, 0.2) is 42.5 Å². The Morgan fingerprint density at radius 1 is 1.19 bits per heavy atom. The summed E-state index contributed by atoms with van der Waals surface area (Å²) in [4.78, 5) is 12.7. The zero-order valence-electron chi connectivity index (χ0n) is 13.5. The molecule has 0 bridgehead atoms. The van der Waals surface area contributed by atoms with E-state index >= 15 is 0 Å². The van der Waals surface area contributed by atoms with Crippen molar-refractivity contribution < 1.29 is 27.1 Å². The molecule has 0 saturated carbocycles. The molecule has 0 unspecified atom stereocenters. The van der Waals surface area contributed by atoms with Gasteiger partial charge in [0.1, 0.15) is 16.4 Å². The van der Waals surface area contributed by atoms with Crippen molar-refractivity contribution in [3.05, 3.63) is 64.3 Å². The van der Waals surface area contributed by atoms with E-state index in [1.54, 1.807) is 6.07 Å². The number of halogens is 4. The van der Waals surface area contributed by atoms with Gasteiger partial charge in [0.15, 0.2) is 0 Å². The highest BCUT2D eigenvalue weighted by Gasteiger charge is 2.30. The molecule has 1 aromatic heterocycles. The summed E-state index contributed by atoms with van der Waals surface area (Å²) in [5, 5.41) is 3.05. The van der Waals surface area contributed by atoms with Crippen molar-refractivity contribution in [2.75, 3.05) is 7.11 Å². The molecule has 26 heavy (non-hydrogen) atoms. The fourth-order valence-corrected chi connectivity index (χ4v) is 3.59. The van der Waals surface area contributed by atoms with E-state index in [0.29, 0.717) is 15.6 Å². The second-order valence-corrected chi connectivity index (χ2v) is 6.54. The number of amides is 1. The number of nitrogens with one attached hydrogen (secondary N) is 1. The molecule has 1 amide bonds. The largest absolute Gasteiger partial charge is 0.494 e. The predicted octanol–water partition coefficient (Wildman–Crippen LogP) is 5.00. The topological polar surface area (TPSA) is 38.3 Å². The van der Waals surface area contributed by atoms with E-state index in [1.165, 1.54) is 31.4 Å². The SMILES string of the molecule is COc1c(C(=O)NCc2cccc(C(F)(F)F)c2)sc2ccc(F)cc12. The van der Waals surface area contributed by atoms with Gasteiger partial charge in [0.2, 0.25) is 0 Å². The minimum absolute atomic E-state index is 0.0749. The van der Waals surface area contributed by atoms with Crippen molar-refractivity contribution in [3.8, 4) is 5.75 Å². The summed E-state index contributed by atoms with van der Waals surface area (Å²) in [5.41, 5.74) is -0.460. The number of thiophene rings is 1. The number of carbonyl (C=O) groups is 1. The van der Waals surface area contributed by atoms with Crippen LogP contribution in [0.4, 0.5) is 17.6 Å². The molecule has 0 aliphatic carbocycles. The molecule has 0 radical (unpaired) electrons. The predicted molar refractivity (Wildman–Crippen MR) is 90.9 cm³/mol. The lowest BCUT2D eigenvalue weighted by molar-refractivity contribution is -0.137. The molecular formula is C18H13F4NO2S. The Labute approximate surface area is 150 Å². The molecule has 136 valence electrons. The summed E-state index contributed by atoms with van der Waals surface area (Å²) in [5.74, 6) is -0.712. The van der Waals surface area contributed by atoms with Crippen molar-refractivity contribution in [2.24, 2.45) is 0 Å². The quantitative estimate of drug-likeness (QED) is 0.644. The van der Waals surface area contributed by atoms with Crippen LogP contribution in [0.5, 0.6) is 5.75 Å². The number of fused-ring (bicyclic) bond motifs is 1. The Kier molecular flexibility index (Phi) is 4.86. The van der Waals surface area contributed by atoms with E-state index < -0.39 is 23.5 Å². The minimum Gasteiger partial charge on any atom is -0.494 e. The first-order valence-electron chi connectivity index (χ1n) is 7.50. The van der Waals surface area contributed by atoms with Crippen LogP contribution in [-0.4, -0.2) is 13.0 Å². The Bertz CT molecular complexity index is 965. The molecule has 3 rings (SSSR count). The molecule has 0 aliphatic rings. The lowest BCUT2D eigenvalue weighted by Crippen LogP contribution is -2.22. The van der Waals surface area contributed by atoms with Gasteiger partial charge in [0.05, 0.1) is 12.7 Å². The van der Waals surface area contributed by atoms with Crippen LogP contribution in [0.25, 0.3) is 10.1 Å². The van der Waals surface area contributed by atoms with Gasteiger partial charge in [-0.05, 0) is 35.9 Å². The van der Waals surface area contributed by atoms with Gasteiger partial charge in [-0.2, -0.15) is 13.2 Å². The van der Waals surface area contributed by atoms with Crippen molar-refractivity contribution in [1.29, 1.82) is 0 Å². The van der Waals surface area contributed by atoms with Crippen LogP contribution in [0.1, 0.15) is 20.8 Å². The number of benzene rings is 2. The maximum absolute atomic E-state index is 13.4. The molecular weight excluding hydrogens is 370 g/mol. The van der Waals surface area contributed by atoms with Gasteiger partial charge >= 0.3 is 6.18 Å². The smallest absolute Gasteiger partial charge is 0.416 e. The second kappa shape index (κ2) is 6.95. The maximum Gasteiger partial charge on any atom is 0.416 e. The van der Waals surface area contributed by atoms with Crippen molar-refractivity contribution in [3.63, 3.8) is 0 Å². The Morgan fingerprint density at radius 3 is 2.65 bits per heavy atom. The lowest BCUT2D eigenvalue weighted by Gasteiger charge is -2.09. The Balaban J connectivity index is 1.82. The molecule has 0 aliphatic heterocycles. The molecule has 0 atom stereocenters. The third-order valence-electron chi connectivity index (χ3n) is 3.72. The van der Waals surface area contributed by atoms with Crippen molar-refractivity contribution in [1.82, 2.24) is 5.32 Å². The first-order chi connectivity index (χ1) is 12.3. The molecule has 3 nitrogen and oxygen atoms in total. The summed E-state index contributed by atoms with van der Waals surface area (Å²) in [6.07, 6.45) is -4.45. The summed E-state index contributed by atoms with van der Waals surface area (Å²) in [6.45, 7) is -0.0749. The zero-order chi connectivity index (χ0) is 18.9. The first kappa shape index (κ1) is 18.2. The van der Waals surface area contributed by atoms with E-state index in [0.717, 1.165) is 23.5 Å². The summed E-state index contributed by atoms with van der Waals surface area (Å²) in [7, 11) is 1.37. The van der Waals surface area contributed by atoms with E-state index in [9.17, 15) is 22.4 Å². The second-order valence-electron chi connectivity index (χ2n) is 5.49. The average Bonchev–Trinajstić information content (AvgIpc) is 2.97. The molecule has 8 heteroatoms. The Hall–Kier alpha value is -2.61. The summed E-state index contributed by atoms with van der Waals surface area (Å²) in [6, 6.07) is 8.82. The number of carbonyl (C=O) groups excluding carboxylic acids is 1. The van der Waals surface area contributed by atoms with E-state index in [4.69, 9.17) is 4.74 Å². The fourth-order valence-electron chi connectivity index (χ4n) is 2.52. The van der Waals surface area contributed by atoms with Gasteiger partial charge in [-0.15, -0.1) is 11.3 Å². The maximum atomic E-state index is 13.4.